The predicted octanol–water partition coefficient (Wildman–Crippen LogP) is 2.98. The van der Waals surface area contributed by atoms with E-state index in [0.29, 0.717) is 0 Å². The van der Waals surface area contributed by atoms with Crippen molar-refractivity contribution < 1.29 is 9.47 Å². The van der Waals surface area contributed by atoms with Crippen LogP contribution in [0.1, 0.15) is 40.5 Å². The summed E-state index contributed by atoms with van der Waals surface area (Å²) in [4.78, 5) is 0. The Bertz CT molecular complexity index is 165. The predicted molar refractivity (Wildman–Crippen MR) is 56.3 cm³/mol. The molecule has 0 aromatic carbocycles. The van der Waals surface area contributed by atoms with E-state index in [0.717, 1.165) is 12.8 Å². The fourth-order valence-corrected chi connectivity index (χ4v) is 0.723. The lowest BCUT2D eigenvalue weighted by Crippen LogP contribution is -2.27. The maximum absolute atomic E-state index is 5.26. The monoisotopic (exact) mass is 202 g/mol. The van der Waals surface area contributed by atoms with Crippen LogP contribution in [-0.4, -0.2) is 25.7 Å². The summed E-state index contributed by atoms with van der Waals surface area (Å²) in [6, 6.07) is 0. The summed E-state index contributed by atoms with van der Waals surface area (Å²) >= 11 is 0. The Morgan fingerprint density at radius 1 is 0.857 bits per heavy atom. The number of methoxy groups -OCH3 is 2. The average Bonchev–Trinajstić information content (AvgIpc) is 2.25. The van der Waals surface area contributed by atoms with Gasteiger partial charge in [-0.05, 0) is 26.7 Å². The normalized spacial score (nSPS) is 20.7. The molecule has 0 saturated heterocycles. The number of ether oxygens (including phenoxy) is 2. The summed E-state index contributed by atoms with van der Waals surface area (Å²) in [5, 5.41) is 8.37. The highest BCUT2D eigenvalue weighted by Gasteiger charge is 2.24. The topological polar surface area (TPSA) is 43.2 Å². The van der Waals surface area contributed by atoms with E-state index in [1.165, 1.54) is 0 Å². The maximum atomic E-state index is 5.26. The van der Waals surface area contributed by atoms with Crippen LogP contribution in [0.2, 0.25) is 0 Å². The van der Waals surface area contributed by atoms with Gasteiger partial charge < -0.3 is 9.47 Å². The van der Waals surface area contributed by atoms with Crippen LogP contribution in [-0.2, 0) is 9.47 Å². The Morgan fingerprint density at radius 2 is 1.14 bits per heavy atom. The molecule has 0 amide bonds. The molecule has 0 spiro atoms. The van der Waals surface area contributed by atoms with E-state index in [1.807, 2.05) is 27.7 Å². The zero-order chi connectivity index (χ0) is 11.2. The van der Waals surface area contributed by atoms with Crippen molar-refractivity contribution >= 4 is 0 Å². The fourth-order valence-electron chi connectivity index (χ4n) is 0.723. The molecule has 0 rings (SSSR count). The molecule has 14 heavy (non-hydrogen) atoms. The molecule has 2 unspecified atom stereocenters. The van der Waals surface area contributed by atoms with E-state index in [1.54, 1.807) is 14.2 Å². The molecule has 2 atom stereocenters. The van der Waals surface area contributed by atoms with Crippen LogP contribution >= 0.6 is 0 Å². The second kappa shape index (κ2) is 5.41. The van der Waals surface area contributed by atoms with Gasteiger partial charge in [-0.25, -0.2) is 0 Å². The first kappa shape index (κ1) is 13.5. The van der Waals surface area contributed by atoms with E-state index < -0.39 is 11.4 Å². The van der Waals surface area contributed by atoms with Crippen molar-refractivity contribution in [3.05, 3.63) is 0 Å². The van der Waals surface area contributed by atoms with Crippen molar-refractivity contribution in [2.45, 2.75) is 52.0 Å². The van der Waals surface area contributed by atoms with Gasteiger partial charge in [-0.3, -0.25) is 0 Å². The number of hydrogen-bond acceptors (Lipinski definition) is 4. The molecule has 0 aliphatic rings. The standard InChI is InChI=1S/C10H22N2O2/c1-7-9(3,13-5)11-12-10(4,8-2)14-6/h7-8H2,1-6H3. The first-order chi connectivity index (χ1) is 6.45. The van der Waals surface area contributed by atoms with Gasteiger partial charge in [0.15, 0.2) is 11.4 Å². The van der Waals surface area contributed by atoms with Crippen molar-refractivity contribution in [3.63, 3.8) is 0 Å². The van der Waals surface area contributed by atoms with Gasteiger partial charge >= 0.3 is 0 Å². The van der Waals surface area contributed by atoms with Crippen LogP contribution in [0.15, 0.2) is 10.2 Å². The van der Waals surface area contributed by atoms with Crippen molar-refractivity contribution in [1.82, 2.24) is 0 Å². The third-order valence-corrected chi connectivity index (χ3v) is 2.66. The zero-order valence-corrected chi connectivity index (χ0v) is 10.1. The van der Waals surface area contributed by atoms with E-state index >= 15 is 0 Å². The van der Waals surface area contributed by atoms with Gasteiger partial charge in [-0.2, -0.15) is 10.2 Å². The largest absolute Gasteiger partial charge is 0.356 e. The van der Waals surface area contributed by atoms with Crippen molar-refractivity contribution in [1.29, 1.82) is 0 Å². The molecular formula is C10H22N2O2. The van der Waals surface area contributed by atoms with Crippen LogP contribution in [0.3, 0.4) is 0 Å². The Balaban J connectivity index is 4.54. The smallest absolute Gasteiger partial charge is 0.175 e. The molecule has 0 aromatic rings. The molecule has 4 nitrogen and oxygen atoms in total. The second-order valence-electron chi connectivity index (χ2n) is 3.67. The van der Waals surface area contributed by atoms with Gasteiger partial charge in [0.05, 0.1) is 0 Å². The van der Waals surface area contributed by atoms with Gasteiger partial charge in [0.1, 0.15) is 0 Å². The number of azo groups is 1. The maximum Gasteiger partial charge on any atom is 0.175 e. The van der Waals surface area contributed by atoms with Gasteiger partial charge in [-0.1, -0.05) is 13.8 Å². The molecule has 4 heteroatoms. The Morgan fingerprint density at radius 3 is 1.29 bits per heavy atom. The van der Waals surface area contributed by atoms with Crippen LogP contribution in [0, 0.1) is 0 Å². The summed E-state index contributed by atoms with van der Waals surface area (Å²) in [7, 11) is 3.28. The first-order valence-electron chi connectivity index (χ1n) is 4.99. The Kier molecular flexibility index (Phi) is 5.23. The summed E-state index contributed by atoms with van der Waals surface area (Å²) in [6.45, 7) is 7.84. The summed E-state index contributed by atoms with van der Waals surface area (Å²) in [5.41, 5.74) is -1.07. The molecular weight excluding hydrogens is 180 g/mol. The van der Waals surface area contributed by atoms with Crippen LogP contribution in [0.5, 0.6) is 0 Å². The third kappa shape index (κ3) is 3.72. The van der Waals surface area contributed by atoms with Crippen molar-refractivity contribution in [3.8, 4) is 0 Å². The molecule has 0 aliphatic heterocycles. The minimum absolute atomic E-state index is 0.533. The molecule has 0 bridgehead atoms. The summed E-state index contributed by atoms with van der Waals surface area (Å²) in [5.74, 6) is 0. The molecule has 0 aliphatic carbocycles. The van der Waals surface area contributed by atoms with Crippen molar-refractivity contribution in [2.24, 2.45) is 10.2 Å². The fraction of sp³-hybridized carbons (Fsp3) is 1.00. The highest BCUT2D eigenvalue weighted by Crippen LogP contribution is 2.22. The molecule has 0 fully saturated rings. The van der Waals surface area contributed by atoms with E-state index in [2.05, 4.69) is 10.2 Å². The zero-order valence-electron chi connectivity index (χ0n) is 10.1. The molecule has 0 saturated carbocycles. The lowest BCUT2D eigenvalue weighted by atomic mass is 10.2. The summed E-state index contributed by atoms with van der Waals surface area (Å²) in [6.07, 6.45) is 1.58. The minimum Gasteiger partial charge on any atom is -0.356 e. The van der Waals surface area contributed by atoms with Gasteiger partial charge in [0.25, 0.3) is 0 Å². The van der Waals surface area contributed by atoms with E-state index in [9.17, 15) is 0 Å². The summed E-state index contributed by atoms with van der Waals surface area (Å²) < 4.78 is 10.5. The average molecular weight is 202 g/mol. The van der Waals surface area contributed by atoms with Crippen LogP contribution in [0.25, 0.3) is 0 Å². The lowest BCUT2D eigenvalue weighted by Gasteiger charge is -2.24. The van der Waals surface area contributed by atoms with E-state index in [-0.39, 0.29) is 0 Å². The quantitative estimate of drug-likeness (QED) is 0.621. The number of hydrogen-bond donors (Lipinski definition) is 0. The molecule has 84 valence electrons. The van der Waals surface area contributed by atoms with Gasteiger partial charge in [-0.15, -0.1) is 0 Å². The van der Waals surface area contributed by atoms with E-state index in [4.69, 9.17) is 9.47 Å². The van der Waals surface area contributed by atoms with Crippen LogP contribution in [0.4, 0.5) is 0 Å². The first-order valence-corrected chi connectivity index (χ1v) is 4.99. The minimum atomic E-state index is -0.533. The Hall–Kier alpha value is -0.480. The number of rotatable bonds is 6. The van der Waals surface area contributed by atoms with Gasteiger partial charge in [0.2, 0.25) is 0 Å². The highest BCUT2D eigenvalue weighted by atomic mass is 16.5. The lowest BCUT2D eigenvalue weighted by molar-refractivity contribution is -0.0279. The van der Waals surface area contributed by atoms with Gasteiger partial charge in [0, 0.05) is 14.2 Å². The van der Waals surface area contributed by atoms with Crippen molar-refractivity contribution in [2.75, 3.05) is 14.2 Å². The Labute approximate surface area is 86.7 Å². The second-order valence-corrected chi connectivity index (χ2v) is 3.67. The molecule has 0 aromatic heterocycles. The molecule has 0 heterocycles. The molecule has 0 radical (unpaired) electrons. The molecule has 0 N–H and O–H groups in total. The van der Waals surface area contributed by atoms with Crippen LogP contribution < -0.4 is 0 Å². The number of nitrogens with zero attached hydrogens (tertiary/aromatic N) is 2. The highest BCUT2D eigenvalue weighted by molar-refractivity contribution is 4.72. The SMILES string of the molecule is CCC(C)(N=NC(C)(CC)OC)OC. The third-order valence-electron chi connectivity index (χ3n) is 2.66.